The highest BCUT2D eigenvalue weighted by atomic mass is 16.4. The maximum absolute atomic E-state index is 10.6. The minimum Gasteiger partial charge on any atom is -0.476 e. The lowest BCUT2D eigenvalue weighted by atomic mass is 10.1. The van der Waals surface area contributed by atoms with E-state index in [1.165, 1.54) is 12.7 Å². The van der Waals surface area contributed by atoms with E-state index in [1.54, 1.807) is 0 Å². The molecule has 0 spiro atoms. The molecular weight excluding hydrogens is 208 g/mol. The first-order valence-corrected chi connectivity index (χ1v) is 5.62. The van der Waals surface area contributed by atoms with E-state index in [2.05, 4.69) is 16.8 Å². The van der Waals surface area contributed by atoms with Gasteiger partial charge in [0.05, 0.1) is 0 Å². The van der Waals surface area contributed by atoms with E-state index in [4.69, 9.17) is 9.52 Å². The summed E-state index contributed by atoms with van der Waals surface area (Å²) in [6.07, 6.45) is 4.26. The smallest absolute Gasteiger partial charge is 0.357 e. The lowest BCUT2D eigenvalue weighted by molar-refractivity contribution is 0.0690. The Balaban J connectivity index is 2.00. The number of aromatic nitrogens is 1. The number of hydrogen-bond donors (Lipinski definition) is 1. The van der Waals surface area contributed by atoms with Crippen molar-refractivity contribution in [1.82, 2.24) is 9.88 Å². The second-order valence-electron chi connectivity index (χ2n) is 4.06. The van der Waals surface area contributed by atoms with E-state index in [9.17, 15) is 4.79 Å². The second-order valence-corrected chi connectivity index (χ2v) is 4.06. The summed E-state index contributed by atoms with van der Waals surface area (Å²) in [6.45, 7) is 4.28. The van der Waals surface area contributed by atoms with Gasteiger partial charge in [-0.3, -0.25) is 0 Å². The zero-order valence-corrected chi connectivity index (χ0v) is 9.35. The third-order valence-electron chi connectivity index (χ3n) is 3.09. The largest absolute Gasteiger partial charge is 0.476 e. The lowest BCUT2D eigenvalue weighted by Crippen LogP contribution is -2.30. The molecule has 5 heteroatoms. The fourth-order valence-corrected chi connectivity index (χ4v) is 2.25. The third kappa shape index (κ3) is 2.24. The molecule has 1 aliphatic heterocycles. The highest BCUT2D eigenvalue weighted by Gasteiger charge is 2.25. The van der Waals surface area contributed by atoms with Crippen LogP contribution in [-0.4, -0.2) is 40.1 Å². The fourth-order valence-electron chi connectivity index (χ4n) is 2.25. The zero-order chi connectivity index (χ0) is 11.5. The Morgan fingerprint density at radius 3 is 3.19 bits per heavy atom. The van der Waals surface area contributed by atoms with Crippen molar-refractivity contribution in [3.8, 4) is 0 Å². The van der Waals surface area contributed by atoms with Gasteiger partial charge in [0.15, 0.2) is 11.6 Å². The number of nitrogens with zero attached hydrogens (tertiary/aromatic N) is 2. The average Bonchev–Trinajstić information content (AvgIpc) is 2.87. The average molecular weight is 224 g/mol. The van der Waals surface area contributed by atoms with Crippen molar-refractivity contribution in [3.05, 3.63) is 17.8 Å². The molecule has 2 heterocycles. The van der Waals surface area contributed by atoms with Gasteiger partial charge in [0.2, 0.25) is 0 Å². The van der Waals surface area contributed by atoms with Gasteiger partial charge in [-0.15, -0.1) is 0 Å². The van der Waals surface area contributed by atoms with Gasteiger partial charge >= 0.3 is 5.97 Å². The number of hydrogen-bond acceptors (Lipinski definition) is 4. The summed E-state index contributed by atoms with van der Waals surface area (Å²) in [5, 5.41) is 8.72. The number of carboxylic acid groups (broad SMARTS) is 1. The van der Waals surface area contributed by atoms with Gasteiger partial charge in [-0.05, 0) is 25.9 Å². The molecule has 2 rings (SSSR count). The normalized spacial score (nSPS) is 21.4. The van der Waals surface area contributed by atoms with Crippen LogP contribution in [-0.2, 0) is 6.42 Å². The molecule has 1 saturated heterocycles. The van der Waals surface area contributed by atoms with Crippen molar-refractivity contribution in [2.24, 2.45) is 0 Å². The molecule has 1 atom stereocenters. The number of aromatic carboxylic acids is 1. The SMILES string of the molecule is CCN1CCCC1Cc1nc(C(=O)O)co1. The van der Waals surface area contributed by atoms with E-state index in [0.29, 0.717) is 18.4 Å². The summed E-state index contributed by atoms with van der Waals surface area (Å²) < 4.78 is 5.16. The Morgan fingerprint density at radius 1 is 1.75 bits per heavy atom. The Labute approximate surface area is 94.1 Å². The molecule has 1 unspecified atom stereocenters. The van der Waals surface area contributed by atoms with Crippen LogP contribution in [0.15, 0.2) is 10.7 Å². The summed E-state index contributed by atoms with van der Waals surface area (Å²) in [5.74, 6) is -0.503. The van der Waals surface area contributed by atoms with Crippen LogP contribution in [0.1, 0.15) is 36.1 Å². The molecule has 1 N–H and O–H groups in total. The van der Waals surface area contributed by atoms with E-state index < -0.39 is 5.97 Å². The van der Waals surface area contributed by atoms with Crippen molar-refractivity contribution in [1.29, 1.82) is 0 Å². The molecule has 0 amide bonds. The Morgan fingerprint density at radius 2 is 2.56 bits per heavy atom. The molecular formula is C11H16N2O3. The molecule has 1 fully saturated rings. The van der Waals surface area contributed by atoms with Gasteiger partial charge in [0.25, 0.3) is 0 Å². The summed E-state index contributed by atoms with van der Waals surface area (Å²) in [5.41, 5.74) is -0.00366. The summed E-state index contributed by atoms with van der Waals surface area (Å²) >= 11 is 0. The Hall–Kier alpha value is -1.36. The van der Waals surface area contributed by atoms with Gasteiger partial charge in [0.1, 0.15) is 6.26 Å². The van der Waals surface area contributed by atoms with Gasteiger partial charge in [0, 0.05) is 12.5 Å². The predicted molar refractivity (Wildman–Crippen MR) is 57.4 cm³/mol. The number of carboxylic acids is 1. The molecule has 88 valence electrons. The summed E-state index contributed by atoms with van der Waals surface area (Å²) in [6, 6.07) is 0.449. The standard InChI is InChI=1S/C11H16N2O3/c1-2-13-5-3-4-8(13)6-10-12-9(7-16-10)11(14)15/h7-8H,2-6H2,1H3,(H,14,15). The van der Waals surface area contributed by atoms with Crippen LogP contribution in [0, 0.1) is 0 Å². The molecule has 1 aliphatic rings. The van der Waals surface area contributed by atoms with Crippen LogP contribution in [0.25, 0.3) is 0 Å². The third-order valence-corrected chi connectivity index (χ3v) is 3.09. The van der Waals surface area contributed by atoms with Gasteiger partial charge in [-0.25, -0.2) is 9.78 Å². The van der Waals surface area contributed by atoms with Crippen molar-refractivity contribution < 1.29 is 14.3 Å². The molecule has 0 bridgehead atoms. The first kappa shape index (κ1) is 11.1. The van der Waals surface area contributed by atoms with Crippen LogP contribution in [0.5, 0.6) is 0 Å². The summed E-state index contributed by atoms with van der Waals surface area (Å²) in [4.78, 5) is 17.0. The molecule has 5 nitrogen and oxygen atoms in total. The molecule has 1 aromatic rings. The number of likely N-dealkylation sites (N-methyl/N-ethyl adjacent to an activating group) is 1. The molecule has 0 saturated carbocycles. The molecule has 0 aromatic carbocycles. The van der Waals surface area contributed by atoms with Crippen LogP contribution >= 0.6 is 0 Å². The number of rotatable bonds is 4. The molecule has 16 heavy (non-hydrogen) atoms. The van der Waals surface area contributed by atoms with Crippen molar-refractivity contribution in [3.63, 3.8) is 0 Å². The molecule has 0 radical (unpaired) electrons. The Kier molecular flexibility index (Phi) is 3.24. The van der Waals surface area contributed by atoms with Crippen molar-refractivity contribution in [2.45, 2.75) is 32.2 Å². The van der Waals surface area contributed by atoms with E-state index in [-0.39, 0.29) is 5.69 Å². The highest BCUT2D eigenvalue weighted by molar-refractivity contribution is 5.84. The molecule has 1 aromatic heterocycles. The maximum atomic E-state index is 10.6. The number of oxazole rings is 1. The van der Waals surface area contributed by atoms with Crippen LogP contribution in [0.3, 0.4) is 0 Å². The monoisotopic (exact) mass is 224 g/mol. The first-order chi connectivity index (χ1) is 7.70. The van der Waals surface area contributed by atoms with Crippen LogP contribution < -0.4 is 0 Å². The van der Waals surface area contributed by atoms with Crippen molar-refractivity contribution >= 4 is 5.97 Å². The topological polar surface area (TPSA) is 66.6 Å². The van der Waals surface area contributed by atoms with Crippen LogP contribution in [0.2, 0.25) is 0 Å². The molecule has 0 aliphatic carbocycles. The fraction of sp³-hybridized carbons (Fsp3) is 0.636. The summed E-state index contributed by atoms with van der Waals surface area (Å²) in [7, 11) is 0. The Bertz CT molecular complexity index is 375. The first-order valence-electron chi connectivity index (χ1n) is 5.62. The van der Waals surface area contributed by atoms with Gasteiger partial charge in [-0.1, -0.05) is 6.92 Å². The lowest BCUT2D eigenvalue weighted by Gasteiger charge is -2.20. The number of likely N-dealkylation sites (tertiary alicyclic amines) is 1. The predicted octanol–water partition coefficient (Wildman–Crippen LogP) is 1.40. The van der Waals surface area contributed by atoms with E-state index in [0.717, 1.165) is 19.5 Å². The minimum atomic E-state index is -1.03. The van der Waals surface area contributed by atoms with Crippen LogP contribution in [0.4, 0.5) is 0 Å². The van der Waals surface area contributed by atoms with E-state index in [1.807, 2.05) is 0 Å². The van der Waals surface area contributed by atoms with Gasteiger partial charge in [-0.2, -0.15) is 0 Å². The second kappa shape index (κ2) is 4.65. The quantitative estimate of drug-likeness (QED) is 0.837. The van der Waals surface area contributed by atoms with Crippen molar-refractivity contribution in [2.75, 3.05) is 13.1 Å². The zero-order valence-electron chi connectivity index (χ0n) is 9.35. The van der Waals surface area contributed by atoms with Gasteiger partial charge < -0.3 is 14.4 Å². The minimum absolute atomic E-state index is 0.00366. The highest BCUT2D eigenvalue weighted by Crippen LogP contribution is 2.20. The number of carbonyl (C=O) groups is 1. The maximum Gasteiger partial charge on any atom is 0.357 e. The van der Waals surface area contributed by atoms with E-state index >= 15 is 0 Å².